The van der Waals surface area contributed by atoms with Gasteiger partial charge in [0.25, 0.3) is 0 Å². The van der Waals surface area contributed by atoms with E-state index in [9.17, 15) is 4.79 Å². The van der Waals surface area contributed by atoms with E-state index in [1.807, 2.05) is 25.4 Å². The van der Waals surface area contributed by atoms with Crippen molar-refractivity contribution < 1.29 is 4.79 Å². The number of hydrogen-bond donors (Lipinski definition) is 1. The maximum atomic E-state index is 11.5. The summed E-state index contributed by atoms with van der Waals surface area (Å²) in [5, 5.41) is 3.03. The van der Waals surface area contributed by atoms with Gasteiger partial charge in [-0.1, -0.05) is 23.3 Å². The molecule has 1 atom stereocenters. The van der Waals surface area contributed by atoms with Gasteiger partial charge in [-0.05, 0) is 58.0 Å². The van der Waals surface area contributed by atoms with E-state index in [-0.39, 0.29) is 11.8 Å². The lowest BCUT2D eigenvalue weighted by Crippen LogP contribution is -2.34. The first-order chi connectivity index (χ1) is 9.99. The molecule has 0 aliphatic carbocycles. The molecule has 0 spiro atoms. The molecule has 0 unspecified atom stereocenters. The summed E-state index contributed by atoms with van der Waals surface area (Å²) in [5.41, 5.74) is 5.65. The van der Waals surface area contributed by atoms with Crippen LogP contribution < -0.4 is 5.32 Å². The second kappa shape index (κ2) is 6.64. The van der Waals surface area contributed by atoms with E-state index < -0.39 is 0 Å². The normalized spacial score (nSPS) is 12.2. The molecule has 0 bridgehead atoms. The van der Waals surface area contributed by atoms with Crippen molar-refractivity contribution in [3.8, 4) is 11.3 Å². The Morgan fingerprint density at radius 3 is 2.33 bits per heavy atom. The van der Waals surface area contributed by atoms with Gasteiger partial charge in [-0.3, -0.25) is 9.78 Å². The first-order valence-electron chi connectivity index (χ1n) is 7.21. The van der Waals surface area contributed by atoms with Crippen molar-refractivity contribution in [3.05, 3.63) is 53.2 Å². The van der Waals surface area contributed by atoms with Crippen LogP contribution in [0.15, 0.2) is 36.5 Å². The highest BCUT2D eigenvalue weighted by atomic mass is 16.1. The molecule has 0 fully saturated rings. The largest absolute Gasteiger partial charge is 0.310 e. The third-order valence-corrected chi connectivity index (χ3v) is 3.62. The van der Waals surface area contributed by atoms with Crippen molar-refractivity contribution in [2.24, 2.45) is 0 Å². The van der Waals surface area contributed by atoms with E-state index >= 15 is 0 Å². The fourth-order valence-electron chi connectivity index (χ4n) is 2.52. The summed E-state index contributed by atoms with van der Waals surface area (Å²) in [4.78, 5) is 16.0. The molecule has 0 aliphatic heterocycles. The van der Waals surface area contributed by atoms with Crippen molar-refractivity contribution in [1.82, 2.24) is 10.3 Å². The molecule has 0 saturated carbocycles. The number of rotatable bonds is 5. The van der Waals surface area contributed by atoms with Crippen LogP contribution >= 0.6 is 0 Å². The molecule has 1 aromatic heterocycles. The molecule has 0 amide bonds. The van der Waals surface area contributed by atoms with Gasteiger partial charge in [0.05, 0.1) is 11.7 Å². The van der Waals surface area contributed by atoms with Gasteiger partial charge in [0.2, 0.25) is 0 Å². The standard InChI is InChI=1S/C18H22N2O/c1-12-7-13(2)9-16(8-12)17-6-5-15(11-20-17)10-18(19-4)14(3)21/h5-9,11,18-19H,10H2,1-4H3/t18-/m0/s1. The fourth-order valence-corrected chi connectivity index (χ4v) is 2.52. The van der Waals surface area contributed by atoms with Gasteiger partial charge >= 0.3 is 0 Å². The molecule has 1 aromatic carbocycles. The van der Waals surface area contributed by atoms with E-state index in [1.54, 1.807) is 6.92 Å². The molecule has 1 N–H and O–H groups in total. The predicted octanol–water partition coefficient (Wildman–Crippen LogP) is 3.08. The number of nitrogens with one attached hydrogen (secondary N) is 1. The number of carbonyl (C=O) groups is 1. The third kappa shape index (κ3) is 3.99. The average molecular weight is 282 g/mol. The zero-order valence-electron chi connectivity index (χ0n) is 13.1. The summed E-state index contributed by atoms with van der Waals surface area (Å²) < 4.78 is 0. The highest BCUT2D eigenvalue weighted by Crippen LogP contribution is 2.20. The number of benzene rings is 1. The first-order valence-corrected chi connectivity index (χ1v) is 7.21. The number of likely N-dealkylation sites (N-methyl/N-ethyl adjacent to an activating group) is 1. The predicted molar refractivity (Wildman–Crippen MR) is 86.4 cm³/mol. The van der Waals surface area contributed by atoms with E-state index in [4.69, 9.17) is 0 Å². The lowest BCUT2D eigenvalue weighted by molar-refractivity contribution is -0.118. The molecule has 3 heteroatoms. The molecular formula is C18H22N2O. The van der Waals surface area contributed by atoms with Gasteiger partial charge in [0.1, 0.15) is 5.78 Å². The molecule has 2 aromatic rings. The zero-order chi connectivity index (χ0) is 15.4. The molecule has 21 heavy (non-hydrogen) atoms. The molecule has 110 valence electrons. The minimum absolute atomic E-state index is 0.140. The smallest absolute Gasteiger partial charge is 0.147 e. The lowest BCUT2D eigenvalue weighted by atomic mass is 10.0. The van der Waals surface area contributed by atoms with Gasteiger partial charge in [0, 0.05) is 11.8 Å². The van der Waals surface area contributed by atoms with Crippen LogP contribution in [0.25, 0.3) is 11.3 Å². The number of pyridine rings is 1. The summed E-state index contributed by atoms with van der Waals surface area (Å²) in [7, 11) is 1.81. The highest BCUT2D eigenvalue weighted by molar-refractivity contribution is 5.81. The Labute approximate surface area is 126 Å². The van der Waals surface area contributed by atoms with Crippen LogP contribution in [-0.2, 0) is 11.2 Å². The number of aryl methyl sites for hydroxylation is 2. The minimum atomic E-state index is -0.140. The Morgan fingerprint density at radius 2 is 1.86 bits per heavy atom. The SMILES string of the molecule is CN[C@@H](Cc1ccc(-c2cc(C)cc(C)c2)nc1)C(C)=O. The summed E-state index contributed by atoms with van der Waals surface area (Å²) in [6, 6.07) is 10.4. The van der Waals surface area contributed by atoms with Crippen molar-refractivity contribution in [2.75, 3.05) is 7.05 Å². The van der Waals surface area contributed by atoms with Crippen molar-refractivity contribution >= 4 is 5.78 Å². The van der Waals surface area contributed by atoms with Crippen molar-refractivity contribution in [1.29, 1.82) is 0 Å². The van der Waals surface area contributed by atoms with Crippen LogP contribution in [-0.4, -0.2) is 23.9 Å². The Bertz CT molecular complexity index is 612. The molecule has 0 radical (unpaired) electrons. The summed E-state index contributed by atoms with van der Waals surface area (Å²) in [5.74, 6) is 0.149. The van der Waals surface area contributed by atoms with Crippen molar-refractivity contribution in [2.45, 2.75) is 33.2 Å². The van der Waals surface area contributed by atoms with Gasteiger partial charge < -0.3 is 5.32 Å². The first kappa shape index (κ1) is 15.4. The third-order valence-electron chi connectivity index (χ3n) is 3.62. The van der Waals surface area contributed by atoms with Gasteiger partial charge in [-0.15, -0.1) is 0 Å². The maximum absolute atomic E-state index is 11.5. The molecule has 3 nitrogen and oxygen atoms in total. The molecule has 2 rings (SSSR count). The van der Waals surface area contributed by atoms with Crippen LogP contribution in [0.2, 0.25) is 0 Å². The minimum Gasteiger partial charge on any atom is -0.310 e. The fraction of sp³-hybridized carbons (Fsp3) is 0.333. The maximum Gasteiger partial charge on any atom is 0.147 e. The number of ketones is 1. The number of hydrogen-bond acceptors (Lipinski definition) is 3. The summed E-state index contributed by atoms with van der Waals surface area (Å²) in [6.45, 7) is 5.79. The number of Topliss-reactive ketones (excluding diaryl/α,β-unsaturated/α-hetero) is 1. The zero-order valence-corrected chi connectivity index (χ0v) is 13.1. The molecule has 0 aliphatic rings. The Kier molecular flexibility index (Phi) is 4.86. The molecule has 0 saturated heterocycles. The van der Waals surface area contributed by atoms with Crippen LogP contribution in [0.5, 0.6) is 0 Å². The van der Waals surface area contributed by atoms with E-state index in [1.165, 1.54) is 11.1 Å². The Hall–Kier alpha value is -2.00. The van der Waals surface area contributed by atoms with Gasteiger partial charge in [0.15, 0.2) is 0 Å². The van der Waals surface area contributed by atoms with Crippen LogP contribution in [0.4, 0.5) is 0 Å². The second-order valence-corrected chi connectivity index (χ2v) is 5.58. The van der Waals surface area contributed by atoms with Gasteiger partial charge in [-0.25, -0.2) is 0 Å². The lowest BCUT2D eigenvalue weighted by Gasteiger charge is -2.12. The Balaban J connectivity index is 2.20. The number of nitrogens with zero attached hydrogens (tertiary/aromatic N) is 1. The number of carbonyl (C=O) groups excluding carboxylic acids is 1. The van der Waals surface area contributed by atoms with E-state index in [2.05, 4.69) is 42.3 Å². The summed E-state index contributed by atoms with van der Waals surface area (Å²) in [6.07, 6.45) is 2.53. The van der Waals surface area contributed by atoms with E-state index in [0.29, 0.717) is 6.42 Å². The summed E-state index contributed by atoms with van der Waals surface area (Å²) >= 11 is 0. The Morgan fingerprint density at radius 1 is 1.19 bits per heavy atom. The monoisotopic (exact) mass is 282 g/mol. The second-order valence-electron chi connectivity index (χ2n) is 5.58. The van der Waals surface area contributed by atoms with E-state index in [0.717, 1.165) is 16.8 Å². The average Bonchev–Trinajstić information content (AvgIpc) is 2.44. The highest BCUT2D eigenvalue weighted by Gasteiger charge is 2.12. The topological polar surface area (TPSA) is 42.0 Å². The molecular weight excluding hydrogens is 260 g/mol. The van der Waals surface area contributed by atoms with Crippen LogP contribution in [0.3, 0.4) is 0 Å². The van der Waals surface area contributed by atoms with Crippen molar-refractivity contribution in [3.63, 3.8) is 0 Å². The quantitative estimate of drug-likeness (QED) is 0.916. The van der Waals surface area contributed by atoms with Gasteiger partial charge in [-0.2, -0.15) is 0 Å². The number of aromatic nitrogens is 1. The van der Waals surface area contributed by atoms with Crippen LogP contribution in [0.1, 0.15) is 23.6 Å². The molecule has 1 heterocycles. The van der Waals surface area contributed by atoms with Crippen LogP contribution in [0, 0.1) is 13.8 Å².